The molecule has 0 bridgehead atoms. The van der Waals surface area contributed by atoms with Crippen LogP contribution < -0.4 is 15.0 Å². The number of carbonyl (C=O) groups is 2. The zero-order chi connectivity index (χ0) is 28.8. The Morgan fingerprint density at radius 3 is 2.56 bits per heavy atom. The lowest BCUT2D eigenvalue weighted by Crippen LogP contribution is -2.42. The number of halogens is 1. The summed E-state index contributed by atoms with van der Waals surface area (Å²) < 4.78 is 26.6. The molecule has 0 radical (unpaired) electrons. The van der Waals surface area contributed by atoms with Gasteiger partial charge in [0.1, 0.15) is 23.9 Å². The van der Waals surface area contributed by atoms with Crippen LogP contribution in [0.3, 0.4) is 0 Å². The smallest absolute Gasteiger partial charge is 0.240 e. The summed E-state index contributed by atoms with van der Waals surface area (Å²) in [5.74, 6) is 0.354. The molecule has 0 spiro atoms. The molecule has 2 heterocycles. The number of hydrogen-bond acceptors (Lipinski definition) is 6. The Morgan fingerprint density at radius 1 is 1.07 bits per heavy atom. The Bertz CT molecular complexity index is 1510. The normalized spacial score (nSPS) is 14.9. The second-order valence-electron chi connectivity index (χ2n) is 9.48. The molecule has 5 rings (SSSR count). The van der Waals surface area contributed by atoms with Gasteiger partial charge < -0.3 is 14.8 Å². The van der Waals surface area contributed by atoms with Gasteiger partial charge >= 0.3 is 0 Å². The fourth-order valence-corrected chi connectivity index (χ4v) is 6.00. The summed E-state index contributed by atoms with van der Waals surface area (Å²) >= 11 is 1.40. The van der Waals surface area contributed by atoms with E-state index in [2.05, 4.69) is 5.32 Å². The van der Waals surface area contributed by atoms with Gasteiger partial charge in [0.15, 0.2) is 0 Å². The molecule has 4 aromatic rings. The number of amides is 2. The maximum absolute atomic E-state index is 14.5. The monoisotopic (exact) mass is 574 g/mol. The fraction of sp³-hybridized carbons (Fsp3) is 0.258. The summed E-state index contributed by atoms with van der Waals surface area (Å²) in [6.07, 6.45) is 0.654. The van der Waals surface area contributed by atoms with E-state index in [1.54, 1.807) is 25.0 Å². The summed E-state index contributed by atoms with van der Waals surface area (Å²) in [7, 11) is 3.20. The molecule has 0 fully saturated rings. The molecule has 2 amide bonds. The first kappa shape index (κ1) is 28.4. The molecular weight excluding hydrogens is 543 g/mol. The Morgan fingerprint density at radius 2 is 1.85 bits per heavy atom. The summed E-state index contributed by atoms with van der Waals surface area (Å²) in [5.41, 5.74) is 3.63. The Kier molecular flexibility index (Phi) is 9.01. The van der Waals surface area contributed by atoms with Crippen LogP contribution in [0.2, 0.25) is 0 Å². The first-order valence-electron chi connectivity index (χ1n) is 13.3. The summed E-state index contributed by atoms with van der Waals surface area (Å²) in [4.78, 5) is 28.3. The second-order valence-corrected chi connectivity index (χ2v) is 10.6. The number of fused-ring (bicyclic) bond motifs is 1. The molecule has 3 aromatic carbocycles. The molecule has 1 aliphatic rings. The summed E-state index contributed by atoms with van der Waals surface area (Å²) in [5, 5.41) is 7.50. The van der Waals surface area contributed by atoms with Gasteiger partial charge in [-0.2, -0.15) is 5.10 Å². The van der Waals surface area contributed by atoms with Gasteiger partial charge in [-0.05, 0) is 48.4 Å². The molecule has 1 N–H and O–H groups in total. The largest absolute Gasteiger partial charge is 0.497 e. The standard InChI is InChI=1S/C31H31FN4O4S/c1-39-17-7-16-33-26(37)19-35-27(38)20-41-30(22-10-6-11-23(32)18-22)28-29(21-8-4-3-5-9-21)34-36(31(28)35)24-12-14-25(40-2)15-13-24/h3-6,8-15,18,30H,7,16-17,19-20H2,1-2H3,(H,33,37)/t30-/m0/s1. The van der Waals surface area contributed by atoms with E-state index in [1.807, 2.05) is 60.7 Å². The topological polar surface area (TPSA) is 85.7 Å². The highest BCUT2D eigenvalue weighted by molar-refractivity contribution is 8.00. The number of benzene rings is 3. The lowest BCUT2D eigenvalue weighted by Gasteiger charge is -2.23. The minimum Gasteiger partial charge on any atom is -0.497 e. The van der Waals surface area contributed by atoms with Crippen LogP contribution >= 0.6 is 11.8 Å². The third-order valence-corrected chi connectivity index (χ3v) is 8.01. The Labute approximate surface area is 242 Å². The van der Waals surface area contributed by atoms with Gasteiger partial charge in [0.05, 0.1) is 29.5 Å². The molecule has 0 saturated heterocycles. The van der Waals surface area contributed by atoms with Gasteiger partial charge in [-0.3, -0.25) is 14.5 Å². The number of nitrogens with one attached hydrogen (secondary N) is 1. The van der Waals surface area contributed by atoms with Crippen molar-refractivity contribution in [3.63, 3.8) is 0 Å². The van der Waals surface area contributed by atoms with E-state index in [-0.39, 0.29) is 29.9 Å². The number of ether oxygens (including phenoxy) is 2. The van der Waals surface area contributed by atoms with Crippen LogP contribution in [0.1, 0.15) is 22.8 Å². The molecule has 1 atom stereocenters. The van der Waals surface area contributed by atoms with Crippen LogP contribution in [0.25, 0.3) is 16.9 Å². The van der Waals surface area contributed by atoms with E-state index in [1.165, 1.54) is 28.8 Å². The lowest BCUT2D eigenvalue weighted by molar-refractivity contribution is -0.122. The SMILES string of the molecule is COCCCNC(=O)CN1C(=O)CS[C@@H](c2cccc(F)c2)c2c(-c3ccccc3)nn(-c3ccc(OC)cc3)c21. The van der Waals surface area contributed by atoms with E-state index in [0.29, 0.717) is 48.1 Å². The highest BCUT2D eigenvalue weighted by Gasteiger charge is 2.37. The van der Waals surface area contributed by atoms with Gasteiger partial charge in [0.2, 0.25) is 11.8 Å². The zero-order valence-corrected chi connectivity index (χ0v) is 23.7. The van der Waals surface area contributed by atoms with Gasteiger partial charge in [0.25, 0.3) is 0 Å². The number of rotatable bonds is 10. The first-order valence-corrected chi connectivity index (χ1v) is 14.3. The Hall–Kier alpha value is -4.15. The molecule has 212 valence electrons. The van der Waals surface area contributed by atoms with Crippen LogP contribution in [-0.2, 0) is 14.3 Å². The van der Waals surface area contributed by atoms with Crippen molar-refractivity contribution >= 4 is 29.4 Å². The number of methoxy groups -OCH3 is 2. The number of carbonyl (C=O) groups excluding carboxylic acids is 2. The molecular formula is C31H31FN4O4S. The number of nitrogens with zero attached hydrogens (tertiary/aromatic N) is 3. The van der Waals surface area contributed by atoms with Crippen molar-refractivity contribution in [3.8, 4) is 22.7 Å². The van der Waals surface area contributed by atoms with E-state index in [4.69, 9.17) is 14.6 Å². The number of anilines is 1. The molecule has 8 nitrogen and oxygen atoms in total. The average Bonchev–Trinajstić information content (AvgIpc) is 3.32. The maximum Gasteiger partial charge on any atom is 0.240 e. The molecule has 1 aliphatic heterocycles. The van der Waals surface area contributed by atoms with Crippen molar-refractivity contribution in [2.75, 3.05) is 44.6 Å². The third kappa shape index (κ3) is 6.28. The van der Waals surface area contributed by atoms with Crippen molar-refractivity contribution in [2.45, 2.75) is 11.7 Å². The number of hydrogen-bond donors (Lipinski definition) is 1. The van der Waals surface area contributed by atoms with Crippen molar-refractivity contribution in [1.29, 1.82) is 0 Å². The van der Waals surface area contributed by atoms with Crippen molar-refractivity contribution in [2.24, 2.45) is 0 Å². The molecule has 1 aromatic heterocycles. The highest BCUT2D eigenvalue weighted by Crippen LogP contribution is 2.48. The molecule has 0 unspecified atom stereocenters. The summed E-state index contributed by atoms with van der Waals surface area (Å²) in [6.45, 7) is 0.754. The van der Waals surface area contributed by atoms with Crippen LogP contribution in [0.5, 0.6) is 5.75 Å². The summed E-state index contributed by atoms with van der Waals surface area (Å²) in [6, 6.07) is 23.4. The fourth-order valence-electron chi connectivity index (χ4n) is 4.81. The molecule has 0 saturated carbocycles. The third-order valence-electron chi connectivity index (χ3n) is 6.75. The minimum atomic E-state index is -0.415. The van der Waals surface area contributed by atoms with Crippen molar-refractivity contribution < 1.29 is 23.5 Å². The Balaban J connectivity index is 1.71. The van der Waals surface area contributed by atoms with E-state index in [0.717, 1.165) is 11.1 Å². The van der Waals surface area contributed by atoms with Crippen LogP contribution in [0, 0.1) is 5.82 Å². The van der Waals surface area contributed by atoms with E-state index < -0.39 is 5.25 Å². The minimum absolute atomic E-state index is 0.101. The average molecular weight is 575 g/mol. The van der Waals surface area contributed by atoms with Crippen LogP contribution in [-0.4, -0.2) is 61.3 Å². The van der Waals surface area contributed by atoms with Crippen LogP contribution in [0.15, 0.2) is 78.9 Å². The molecule has 10 heteroatoms. The lowest BCUT2D eigenvalue weighted by atomic mass is 9.99. The second kappa shape index (κ2) is 13.0. The quantitative estimate of drug-likeness (QED) is 0.268. The van der Waals surface area contributed by atoms with Gasteiger partial charge in [-0.15, -0.1) is 11.8 Å². The molecule has 41 heavy (non-hydrogen) atoms. The van der Waals surface area contributed by atoms with Gasteiger partial charge in [-0.1, -0.05) is 42.5 Å². The predicted octanol–water partition coefficient (Wildman–Crippen LogP) is 5.01. The predicted molar refractivity (Wildman–Crippen MR) is 158 cm³/mol. The zero-order valence-electron chi connectivity index (χ0n) is 22.9. The number of aromatic nitrogens is 2. The highest BCUT2D eigenvalue weighted by atomic mass is 32.2. The van der Waals surface area contributed by atoms with Crippen molar-refractivity contribution in [1.82, 2.24) is 15.1 Å². The van der Waals surface area contributed by atoms with Crippen molar-refractivity contribution in [3.05, 3.63) is 95.8 Å². The van der Waals surface area contributed by atoms with Gasteiger partial charge in [0, 0.05) is 31.4 Å². The van der Waals surface area contributed by atoms with Crippen LogP contribution in [0.4, 0.5) is 10.2 Å². The molecule has 0 aliphatic carbocycles. The number of thioether (sulfide) groups is 1. The van der Waals surface area contributed by atoms with E-state index >= 15 is 0 Å². The maximum atomic E-state index is 14.5. The van der Waals surface area contributed by atoms with Gasteiger partial charge in [-0.25, -0.2) is 9.07 Å². The van der Waals surface area contributed by atoms with E-state index in [9.17, 15) is 14.0 Å². The first-order chi connectivity index (χ1) is 20.0.